The summed E-state index contributed by atoms with van der Waals surface area (Å²) in [6, 6.07) is 7.40. The largest absolute Gasteiger partial charge is 0.397 e. The summed E-state index contributed by atoms with van der Waals surface area (Å²) in [6.07, 6.45) is 1.20. The lowest BCUT2D eigenvalue weighted by Crippen LogP contribution is -2.42. The number of hydrogen-bond acceptors (Lipinski definition) is 3. The van der Waals surface area contributed by atoms with E-state index in [1.165, 1.54) is 0 Å². The molecular formula is C14H17N3O2. The normalized spacial score (nSPS) is 19.8. The predicted molar refractivity (Wildman–Crippen MR) is 73.9 cm³/mol. The number of para-hydroxylation sites is 1. The van der Waals surface area contributed by atoms with Gasteiger partial charge in [0.05, 0.1) is 17.3 Å². The fourth-order valence-corrected chi connectivity index (χ4v) is 2.60. The first-order valence-electron chi connectivity index (χ1n) is 6.49. The molecule has 2 heterocycles. The van der Waals surface area contributed by atoms with E-state index in [4.69, 9.17) is 5.73 Å². The smallest absolute Gasteiger partial charge is 0.270 e. The molecular weight excluding hydrogens is 242 g/mol. The van der Waals surface area contributed by atoms with Crippen molar-refractivity contribution in [2.24, 2.45) is 0 Å². The number of nitrogens with zero attached hydrogens (tertiary/aromatic N) is 1. The van der Waals surface area contributed by atoms with Gasteiger partial charge in [-0.3, -0.25) is 4.79 Å². The molecule has 3 rings (SSSR count). The molecule has 100 valence electrons. The van der Waals surface area contributed by atoms with Crippen molar-refractivity contribution in [3.8, 4) is 0 Å². The number of aromatic amines is 1. The fourth-order valence-electron chi connectivity index (χ4n) is 2.60. The topological polar surface area (TPSA) is 82.3 Å². The molecule has 2 aromatic rings. The first-order valence-corrected chi connectivity index (χ1v) is 6.49. The molecule has 0 radical (unpaired) electrons. The summed E-state index contributed by atoms with van der Waals surface area (Å²) in [7, 11) is 0. The Hall–Kier alpha value is -2.01. The highest BCUT2D eigenvalue weighted by Gasteiger charge is 2.24. The zero-order valence-electron chi connectivity index (χ0n) is 10.6. The van der Waals surface area contributed by atoms with E-state index < -0.39 is 6.10 Å². The first kappa shape index (κ1) is 12.0. The van der Waals surface area contributed by atoms with Crippen molar-refractivity contribution in [1.29, 1.82) is 0 Å². The maximum Gasteiger partial charge on any atom is 0.270 e. The maximum atomic E-state index is 12.4. The number of aromatic nitrogens is 1. The zero-order valence-corrected chi connectivity index (χ0v) is 10.6. The van der Waals surface area contributed by atoms with Gasteiger partial charge in [-0.1, -0.05) is 12.1 Å². The molecule has 0 spiro atoms. The Labute approximate surface area is 111 Å². The number of carbonyl (C=O) groups excluding carboxylic acids is 1. The number of carbonyl (C=O) groups is 1. The van der Waals surface area contributed by atoms with Gasteiger partial charge in [-0.15, -0.1) is 0 Å². The van der Waals surface area contributed by atoms with Gasteiger partial charge in [0, 0.05) is 18.5 Å². The Morgan fingerprint density at radius 3 is 3.05 bits per heavy atom. The summed E-state index contributed by atoms with van der Waals surface area (Å²) in [6.45, 7) is 1.10. The van der Waals surface area contributed by atoms with Crippen LogP contribution in [0, 0.1) is 0 Å². The van der Waals surface area contributed by atoms with Crippen molar-refractivity contribution in [3.63, 3.8) is 0 Å². The monoisotopic (exact) mass is 259 g/mol. The van der Waals surface area contributed by atoms with Gasteiger partial charge in [-0.05, 0) is 25.0 Å². The van der Waals surface area contributed by atoms with Crippen LogP contribution in [0.4, 0.5) is 5.69 Å². The molecule has 1 atom stereocenters. The van der Waals surface area contributed by atoms with Crippen LogP contribution < -0.4 is 5.73 Å². The minimum atomic E-state index is -0.410. The van der Waals surface area contributed by atoms with Crippen LogP contribution in [0.25, 0.3) is 10.9 Å². The number of likely N-dealkylation sites (tertiary alicyclic amines) is 1. The Morgan fingerprint density at radius 2 is 2.32 bits per heavy atom. The molecule has 0 bridgehead atoms. The molecule has 0 aliphatic carbocycles. The van der Waals surface area contributed by atoms with E-state index >= 15 is 0 Å². The second-order valence-corrected chi connectivity index (χ2v) is 5.04. The van der Waals surface area contributed by atoms with E-state index in [0.29, 0.717) is 24.5 Å². The van der Waals surface area contributed by atoms with Gasteiger partial charge < -0.3 is 20.7 Å². The Morgan fingerprint density at radius 1 is 1.47 bits per heavy atom. The summed E-state index contributed by atoms with van der Waals surface area (Å²) in [4.78, 5) is 17.1. The van der Waals surface area contributed by atoms with Gasteiger partial charge in [0.15, 0.2) is 0 Å². The average molecular weight is 259 g/mol. The third-order valence-corrected chi connectivity index (χ3v) is 3.60. The lowest BCUT2D eigenvalue weighted by atomic mass is 10.1. The van der Waals surface area contributed by atoms with E-state index in [2.05, 4.69) is 4.98 Å². The maximum absolute atomic E-state index is 12.4. The molecule has 4 N–H and O–H groups in total. The number of β-amino-alcohol motifs (C(OH)–C–C–N with tert-alkyl or cyclic N) is 1. The standard InChI is InChI=1S/C14H17N3O2/c15-11-5-1-3-9-7-12(16-13(9)11)14(19)17-6-2-4-10(18)8-17/h1,3,5,7,10,16,18H,2,4,6,8,15H2/t10-/m0/s1. The van der Waals surface area contributed by atoms with Crippen LogP contribution in [0.1, 0.15) is 23.3 Å². The quantitative estimate of drug-likeness (QED) is 0.676. The molecule has 1 aromatic carbocycles. The molecule has 0 saturated carbocycles. The Kier molecular flexibility index (Phi) is 2.91. The van der Waals surface area contributed by atoms with E-state index in [9.17, 15) is 9.90 Å². The van der Waals surface area contributed by atoms with Gasteiger partial charge >= 0.3 is 0 Å². The van der Waals surface area contributed by atoms with Crippen LogP contribution >= 0.6 is 0 Å². The van der Waals surface area contributed by atoms with Crippen molar-refractivity contribution >= 4 is 22.5 Å². The molecule has 19 heavy (non-hydrogen) atoms. The van der Waals surface area contributed by atoms with Crippen LogP contribution in [0.2, 0.25) is 0 Å². The summed E-state index contributed by atoms with van der Waals surface area (Å²) in [5.74, 6) is -0.0747. The van der Waals surface area contributed by atoms with Crippen molar-refractivity contribution in [1.82, 2.24) is 9.88 Å². The van der Waals surface area contributed by atoms with Crippen molar-refractivity contribution in [3.05, 3.63) is 30.0 Å². The van der Waals surface area contributed by atoms with Gasteiger partial charge in [-0.25, -0.2) is 0 Å². The minimum absolute atomic E-state index is 0.0747. The van der Waals surface area contributed by atoms with Crippen LogP contribution in [0.3, 0.4) is 0 Å². The Bertz CT molecular complexity index is 620. The number of benzene rings is 1. The number of aliphatic hydroxyl groups excluding tert-OH is 1. The van der Waals surface area contributed by atoms with Gasteiger partial charge in [-0.2, -0.15) is 0 Å². The molecule has 1 amide bonds. The van der Waals surface area contributed by atoms with Crippen molar-refractivity contribution in [2.45, 2.75) is 18.9 Å². The van der Waals surface area contributed by atoms with Crippen LogP contribution in [0.5, 0.6) is 0 Å². The lowest BCUT2D eigenvalue weighted by molar-refractivity contribution is 0.0470. The van der Waals surface area contributed by atoms with E-state index in [0.717, 1.165) is 23.7 Å². The summed E-state index contributed by atoms with van der Waals surface area (Å²) < 4.78 is 0. The zero-order chi connectivity index (χ0) is 13.4. The number of nitrogen functional groups attached to an aromatic ring is 1. The number of hydrogen-bond donors (Lipinski definition) is 3. The molecule has 0 unspecified atom stereocenters. The molecule has 1 fully saturated rings. The minimum Gasteiger partial charge on any atom is -0.397 e. The number of nitrogens with two attached hydrogens (primary N) is 1. The van der Waals surface area contributed by atoms with E-state index in [1.54, 1.807) is 11.0 Å². The number of amides is 1. The summed E-state index contributed by atoms with van der Waals surface area (Å²) in [5.41, 5.74) is 7.83. The highest BCUT2D eigenvalue weighted by Crippen LogP contribution is 2.22. The van der Waals surface area contributed by atoms with Crippen molar-refractivity contribution < 1.29 is 9.90 Å². The van der Waals surface area contributed by atoms with Crippen LogP contribution in [0.15, 0.2) is 24.3 Å². The molecule has 5 nitrogen and oxygen atoms in total. The van der Waals surface area contributed by atoms with Gasteiger partial charge in [0.1, 0.15) is 5.69 Å². The number of aliphatic hydroxyl groups is 1. The van der Waals surface area contributed by atoms with E-state index in [-0.39, 0.29) is 5.91 Å². The predicted octanol–water partition coefficient (Wildman–Crippen LogP) is 1.35. The van der Waals surface area contributed by atoms with Gasteiger partial charge in [0.2, 0.25) is 0 Å². The third kappa shape index (κ3) is 2.17. The second kappa shape index (κ2) is 4.59. The van der Waals surface area contributed by atoms with Crippen LogP contribution in [-0.4, -0.2) is 40.1 Å². The first-order chi connectivity index (χ1) is 9.15. The summed E-state index contributed by atoms with van der Waals surface area (Å²) >= 11 is 0. The highest BCUT2D eigenvalue weighted by molar-refractivity contribution is 6.00. The SMILES string of the molecule is Nc1cccc2cc(C(=O)N3CCC[C@H](O)C3)[nH]c12. The van der Waals surface area contributed by atoms with Crippen LogP contribution in [-0.2, 0) is 0 Å². The highest BCUT2D eigenvalue weighted by atomic mass is 16.3. The Balaban J connectivity index is 1.91. The number of nitrogens with one attached hydrogen (secondary N) is 1. The molecule has 1 aromatic heterocycles. The van der Waals surface area contributed by atoms with Gasteiger partial charge in [0.25, 0.3) is 5.91 Å². The molecule has 5 heteroatoms. The molecule has 1 aliphatic rings. The third-order valence-electron chi connectivity index (χ3n) is 3.60. The number of fused-ring (bicyclic) bond motifs is 1. The fraction of sp³-hybridized carbons (Fsp3) is 0.357. The number of rotatable bonds is 1. The van der Waals surface area contributed by atoms with Crippen molar-refractivity contribution in [2.75, 3.05) is 18.8 Å². The van der Waals surface area contributed by atoms with E-state index in [1.807, 2.05) is 18.2 Å². The number of piperidine rings is 1. The molecule has 1 aliphatic heterocycles. The number of H-pyrrole nitrogens is 1. The number of anilines is 1. The lowest BCUT2D eigenvalue weighted by Gasteiger charge is -2.29. The average Bonchev–Trinajstić information content (AvgIpc) is 2.83. The second-order valence-electron chi connectivity index (χ2n) is 5.04. The molecule has 1 saturated heterocycles. The summed E-state index contributed by atoms with van der Waals surface area (Å²) in [5, 5.41) is 10.6.